The van der Waals surface area contributed by atoms with Crippen molar-refractivity contribution in [3.63, 3.8) is 0 Å². The van der Waals surface area contributed by atoms with Gasteiger partial charge in [0.05, 0.1) is 13.2 Å². The number of hydrogen-bond acceptors (Lipinski definition) is 5. The molecule has 1 N–H and O–H groups in total. The van der Waals surface area contributed by atoms with Crippen LogP contribution in [0.15, 0.2) is 0 Å². The Morgan fingerprint density at radius 1 is 1.33 bits per heavy atom. The molecule has 0 aromatic carbocycles. The molecule has 0 radical (unpaired) electrons. The Hall–Kier alpha value is -0.200. The zero-order valence-electron chi connectivity index (χ0n) is 7.49. The van der Waals surface area contributed by atoms with E-state index in [0.717, 1.165) is 0 Å². The summed E-state index contributed by atoms with van der Waals surface area (Å²) < 4.78 is 14.7. The molecular formula is C7H16O5. The van der Waals surface area contributed by atoms with Gasteiger partial charge in [-0.3, -0.25) is 0 Å². The van der Waals surface area contributed by atoms with Crippen LogP contribution in [0.1, 0.15) is 6.92 Å². The van der Waals surface area contributed by atoms with E-state index in [2.05, 4.69) is 4.89 Å². The summed E-state index contributed by atoms with van der Waals surface area (Å²) in [5, 5.41) is 8.28. The van der Waals surface area contributed by atoms with Crippen LogP contribution in [0.4, 0.5) is 0 Å². The third kappa shape index (κ3) is 6.51. The predicted octanol–water partition coefficient (Wildman–Crippen LogP) is 0.502. The fraction of sp³-hybridized carbons (Fsp3) is 1.00. The van der Waals surface area contributed by atoms with Gasteiger partial charge in [0.1, 0.15) is 6.61 Å². The third-order valence-electron chi connectivity index (χ3n) is 1.16. The van der Waals surface area contributed by atoms with Gasteiger partial charge in [-0.05, 0) is 6.92 Å². The molecular weight excluding hydrogens is 164 g/mol. The van der Waals surface area contributed by atoms with E-state index in [0.29, 0.717) is 19.8 Å². The van der Waals surface area contributed by atoms with Crippen molar-refractivity contribution >= 4 is 0 Å². The standard InChI is InChI=1S/C7H16O5/c1-3-11-7(12-8)6-10-5-4-9-2/h7-8H,3-6H2,1-2H3. The Labute approximate surface area is 72.1 Å². The van der Waals surface area contributed by atoms with Gasteiger partial charge in [-0.2, -0.15) is 0 Å². The van der Waals surface area contributed by atoms with Crippen molar-refractivity contribution in [1.82, 2.24) is 0 Å². The molecule has 5 nitrogen and oxygen atoms in total. The number of hydrogen-bond donors (Lipinski definition) is 1. The highest BCUT2D eigenvalue weighted by Gasteiger charge is 2.07. The SMILES string of the molecule is CCOC(COCCOC)OO. The minimum atomic E-state index is -0.702. The van der Waals surface area contributed by atoms with E-state index >= 15 is 0 Å². The summed E-state index contributed by atoms with van der Waals surface area (Å²) >= 11 is 0. The van der Waals surface area contributed by atoms with E-state index in [9.17, 15) is 0 Å². The van der Waals surface area contributed by atoms with Crippen molar-refractivity contribution in [2.75, 3.05) is 33.5 Å². The Kier molecular flexibility index (Phi) is 8.74. The molecule has 0 amide bonds. The summed E-state index contributed by atoms with van der Waals surface area (Å²) in [6.45, 7) is 3.46. The summed E-state index contributed by atoms with van der Waals surface area (Å²) in [5.74, 6) is 0. The second kappa shape index (κ2) is 8.89. The minimum absolute atomic E-state index is 0.202. The van der Waals surface area contributed by atoms with Crippen LogP contribution in [0.5, 0.6) is 0 Å². The van der Waals surface area contributed by atoms with Crippen molar-refractivity contribution in [2.24, 2.45) is 0 Å². The highest BCUT2D eigenvalue weighted by Crippen LogP contribution is 1.93. The van der Waals surface area contributed by atoms with Crippen molar-refractivity contribution in [3.8, 4) is 0 Å². The van der Waals surface area contributed by atoms with Gasteiger partial charge in [0.2, 0.25) is 6.29 Å². The van der Waals surface area contributed by atoms with Gasteiger partial charge in [0.25, 0.3) is 0 Å². The smallest absolute Gasteiger partial charge is 0.214 e. The first-order valence-electron chi connectivity index (χ1n) is 3.83. The van der Waals surface area contributed by atoms with E-state index < -0.39 is 6.29 Å². The van der Waals surface area contributed by atoms with E-state index in [1.54, 1.807) is 14.0 Å². The molecule has 74 valence electrons. The van der Waals surface area contributed by atoms with E-state index in [-0.39, 0.29) is 6.61 Å². The maximum atomic E-state index is 8.28. The van der Waals surface area contributed by atoms with Crippen LogP contribution in [0, 0.1) is 0 Å². The van der Waals surface area contributed by atoms with Gasteiger partial charge in [0, 0.05) is 13.7 Å². The summed E-state index contributed by atoms with van der Waals surface area (Å²) in [4.78, 5) is 3.98. The zero-order chi connectivity index (χ0) is 9.23. The first-order chi connectivity index (χ1) is 5.85. The average molecular weight is 180 g/mol. The Bertz CT molecular complexity index is 87.9. The van der Waals surface area contributed by atoms with Crippen LogP contribution in [0.3, 0.4) is 0 Å². The minimum Gasteiger partial charge on any atom is -0.382 e. The van der Waals surface area contributed by atoms with Crippen LogP contribution in [0.2, 0.25) is 0 Å². The summed E-state index contributed by atoms with van der Waals surface area (Å²) in [6, 6.07) is 0. The van der Waals surface area contributed by atoms with Gasteiger partial charge in [-0.15, -0.1) is 0 Å². The lowest BCUT2D eigenvalue weighted by atomic mass is 10.6. The molecule has 0 rings (SSSR count). The molecule has 12 heavy (non-hydrogen) atoms. The van der Waals surface area contributed by atoms with E-state index in [1.165, 1.54) is 0 Å². The third-order valence-corrected chi connectivity index (χ3v) is 1.16. The molecule has 5 heteroatoms. The number of rotatable bonds is 8. The maximum Gasteiger partial charge on any atom is 0.214 e. The molecule has 0 aliphatic rings. The summed E-state index contributed by atoms with van der Waals surface area (Å²) in [5.41, 5.74) is 0. The number of methoxy groups -OCH3 is 1. The fourth-order valence-electron chi connectivity index (χ4n) is 0.617. The van der Waals surface area contributed by atoms with Gasteiger partial charge in [0.15, 0.2) is 0 Å². The summed E-state index contributed by atoms with van der Waals surface area (Å²) in [7, 11) is 1.59. The highest BCUT2D eigenvalue weighted by atomic mass is 17.1. The molecule has 0 heterocycles. The Morgan fingerprint density at radius 3 is 2.58 bits per heavy atom. The molecule has 0 aromatic heterocycles. The van der Waals surface area contributed by atoms with Crippen LogP contribution in [-0.4, -0.2) is 45.1 Å². The van der Waals surface area contributed by atoms with Crippen molar-refractivity contribution in [1.29, 1.82) is 0 Å². The summed E-state index contributed by atoms with van der Waals surface area (Å²) in [6.07, 6.45) is -0.702. The van der Waals surface area contributed by atoms with Crippen LogP contribution >= 0.6 is 0 Å². The fourth-order valence-corrected chi connectivity index (χ4v) is 0.617. The lowest BCUT2D eigenvalue weighted by Crippen LogP contribution is -2.23. The second-order valence-corrected chi connectivity index (χ2v) is 2.06. The second-order valence-electron chi connectivity index (χ2n) is 2.06. The van der Waals surface area contributed by atoms with Crippen molar-refractivity contribution < 1.29 is 24.4 Å². The van der Waals surface area contributed by atoms with Gasteiger partial charge < -0.3 is 14.2 Å². The van der Waals surface area contributed by atoms with Crippen LogP contribution in [0.25, 0.3) is 0 Å². The Balaban J connectivity index is 3.19. The molecule has 0 saturated heterocycles. The van der Waals surface area contributed by atoms with E-state index in [1.807, 2.05) is 0 Å². The average Bonchev–Trinajstić information content (AvgIpc) is 2.10. The molecule has 1 atom stereocenters. The monoisotopic (exact) mass is 180 g/mol. The molecule has 1 unspecified atom stereocenters. The van der Waals surface area contributed by atoms with Crippen LogP contribution in [-0.2, 0) is 19.1 Å². The molecule has 0 saturated carbocycles. The first-order valence-corrected chi connectivity index (χ1v) is 3.83. The molecule has 0 bridgehead atoms. The predicted molar refractivity (Wildman–Crippen MR) is 41.8 cm³/mol. The van der Waals surface area contributed by atoms with Crippen molar-refractivity contribution in [3.05, 3.63) is 0 Å². The lowest BCUT2D eigenvalue weighted by Gasteiger charge is -2.12. The molecule has 0 fully saturated rings. The Morgan fingerprint density at radius 2 is 2.08 bits per heavy atom. The lowest BCUT2D eigenvalue weighted by molar-refractivity contribution is -0.353. The molecule has 0 aliphatic heterocycles. The zero-order valence-corrected chi connectivity index (χ0v) is 7.49. The molecule has 0 spiro atoms. The van der Waals surface area contributed by atoms with Gasteiger partial charge >= 0.3 is 0 Å². The molecule has 0 aromatic rings. The van der Waals surface area contributed by atoms with E-state index in [4.69, 9.17) is 19.5 Å². The topological polar surface area (TPSA) is 57.2 Å². The largest absolute Gasteiger partial charge is 0.382 e. The van der Waals surface area contributed by atoms with Gasteiger partial charge in [-0.1, -0.05) is 0 Å². The quantitative estimate of drug-likeness (QED) is 0.255. The van der Waals surface area contributed by atoms with Gasteiger partial charge in [-0.25, -0.2) is 10.1 Å². The highest BCUT2D eigenvalue weighted by molar-refractivity contribution is 4.38. The first kappa shape index (κ1) is 11.8. The van der Waals surface area contributed by atoms with Crippen LogP contribution < -0.4 is 0 Å². The number of ether oxygens (including phenoxy) is 3. The van der Waals surface area contributed by atoms with Crippen molar-refractivity contribution in [2.45, 2.75) is 13.2 Å². The normalized spacial score (nSPS) is 13.2. The maximum absolute atomic E-state index is 8.28. The molecule has 0 aliphatic carbocycles.